The summed E-state index contributed by atoms with van der Waals surface area (Å²) in [7, 11) is 0. The van der Waals surface area contributed by atoms with Gasteiger partial charge in [0.25, 0.3) is 0 Å². The number of hydrogen-bond acceptors (Lipinski definition) is 2. The Morgan fingerprint density at radius 2 is 2.29 bits per heavy atom. The van der Waals surface area contributed by atoms with E-state index in [9.17, 15) is 0 Å². The molecule has 3 heteroatoms. The Bertz CT molecular complexity index is 379. The summed E-state index contributed by atoms with van der Waals surface area (Å²) in [5.41, 5.74) is 2.96. The standard InChI is InChI=1S/C14H25N3/c1-5-17-13(8-11(2)16-17)10-15-12-6-7-14(3,4)9-12/h8,12,15H,5-7,9-10H2,1-4H3. The first-order valence-electron chi connectivity index (χ1n) is 6.77. The smallest absolute Gasteiger partial charge is 0.0597 e. The molecule has 1 aromatic rings. The number of nitrogens with zero attached hydrogens (tertiary/aromatic N) is 2. The van der Waals surface area contributed by atoms with Crippen LogP contribution in [0.15, 0.2) is 6.07 Å². The summed E-state index contributed by atoms with van der Waals surface area (Å²) < 4.78 is 2.10. The molecule has 1 fully saturated rings. The first-order chi connectivity index (χ1) is 8.00. The van der Waals surface area contributed by atoms with Gasteiger partial charge in [-0.2, -0.15) is 5.10 Å². The SMILES string of the molecule is CCn1nc(C)cc1CNC1CCC(C)(C)C1. The van der Waals surface area contributed by atoms with E-state index in [1.165, 1.54) is 25.0 Å². The second-order valence-corrected chi connectivity index (χ2v) is 6.08. The molecule has 1 aliphatic rings. The number of nitrogens with one attached hydrogen (secondary N) is 1. The maximum Gasteiger partial charge on any atom is 0.0597 e. The van der Waals surface area contributed by atoms with E-state index in [4.69, 9.17) is 0 Å². The summed E-state index contributed by atoms with van der Waals surface area (Å²) >= 11 is 0. The predicted octanol–water partition coefficient (Wildman–Crippen LogP) is 2.88. The van der Waals surface area contributed by atoms with Gasteiger partial charge >= 0.3 is 0 Å². The Kier molecular flexibility index (Phi) is 3.57. The van der Waals surface area contributed by atoms with Crippen LogP contribution in [-0.4, -0.2) is 15.8 Å². The zero-order chi connectivity index (χ0) is 12.5. The highest BCUT2D eigenvalue weighted by Gasteiger charge is 2.30. The minimum Gasteiger partial charge on any atom is -0.308 e. The molecule has 0 bridgehead atoms. The first-order valence-corrected chi connectivity index (χ1v) is 6.77. The van der Waals surface area contributed by atoms with E-state index in [-0.39, 0.29) is 0 Å². The minimum absolute atomic E-state index is 0.526. The van der Waals surface area contributed by atoms with Gasteiger partial charge in [0.2, 0.25) is 0 Å². The van der Waals surface area contributed by atoms with Crippen molar-refractivity contribution in [1.82, 2.24) is 15.1 Å². The van der Waals surface area contributed by atoms with Gasteiger partial charge in [-0.3, -0.25) is 4.68 Å². The number of aromatic nitrogens is 2. The second-order valence-electron chi connectivity index (χ2n) is 6.08. The topological polar surface area (TPSA) is 29.9 Å². The van der Waals surface area contributed by atoms with Crippen molar-refractivity contribution in [1.29, 1.82) is 0 Å². The molecule has 0 spiro atoms. The molecule has 2 rings (SSSR count). The zero-order valence-corrected chi connectivity index (χ0v) is 11.6. The van der Waals surface area contributed by atoms with E-state index < -0.39 is 0 Å². The Morgan fingerprint density at radius 1 is 1.53 bits per heavy atom. The van der Waals surface area contributed by atoms with Crippen molar-refractivity contribution < 1.29 is 0 Å². The molecule has 96 valence electrons. The Balaban J connectivity index is 1.90. The molecule has 0 saturated heterocycles. The Morgan fingerprint density at radius 3 is 2.88 bits per heavy atom. The monoisotopic (exact) mass is 235 g/mol. The lowest BCUT2D eigenvalue weighted by Crippen LogP contribution is -2.28. The highest BCUT2D eigenvalue weighted by atomic mass is 15.3. The molecular weight excluding hydrogens is 210 g/mol. The maximum atomic E-state index is 4.48. The van der Waals surface area contributed by atoms with Crippen LogP contribution in [0, 0.1) is 12.3 Å². The summed E-state index contributed by atoms with van der Waals surface area (Å²) in [4.78, 5) is 0. The summed E-state index contributed by atoms with van der Waals surface area (Å²) in [5.74, 6) is 0. The van der Waals surface area contributed by atoms with Crippen molar-refractivity contribution in [2.24, 2.45) is 5.41 Å². The van der Waals surface area contributed by atoms with Crippen LogP contribution in [0.1, 0.15) is 51.4 Å². The van der Waals surface area contributed by atoms with E-state index in [1.54, 1.807) is 0 Å². The average molecular weight is 235 g/mol. The Labute approximate surface area is 105 Å². The number of hydrogen-bond donors (Lipinski definition) is 1. The van der Waals surface area contributed by atoms with E-state index in [2.05, 4.69) is 48.9 Å². The van der Waals surface area contributed by atoms with Crippen molar-refractivity contribution in [3.8, 4) is 0 Å². The van der Waals surface area contributed by atoms with Gasteiger partial charge < -0.3 is 5.32 Å². The molecule has 1 atom stereocenters. The molecule has 1 N–H and O–H groups in total. The van der Waals surface area contributed by atoms with Crippen LogP contribution in [0.5, 0.6) is 0 Å². The van der Waals surface area contributed by atoms with E-state index >= 15 is 0 Å². The molecule has 0 amide bonds. The van der Waals surface area contributed by atoms with Gasteiger partial charge in [0.15, 0.2) is 0 Å². The van der Waals surface area contributed by atoms with Gasteiger partial charge in [-0.25, -0.2) is 0 Å². The van der Waals surface area contributed by atoms with Crippen molar-refractivity contribution in [2.45, 2.75) is 66.1 Å². The third-order valence-corrected chi connectivity index (χ3v) is 3.83. The lowest BCUT2D eigenvalue weighted by Gasteiger charge is -2.18. The molecule has 1 heterocycles. The first kappa shape index (κ1) is 12.6. The highest BCUT2D eigenvalue weighted by molar-refractivity contribution is 5.09. The summed E-state index contributed by atoms with van der Waals surface area (Å²) in [6, 6.07) is 2.88. The van der Waals surface area contributed by atoms with Crippen LogP contribution in [0.25, 0.3) is 0 Å². The quantitative estimate of drug-likeness (QED) is 0.869. The Hall–Kier alpha value is -0.830. The van der Waals surface area contributed by atoms with Crippen LogP contribution in [-0.2, 0) is 13.1 Å². The van der Waals surface area contributed by atoms with Gasteiger partial charge in [-0.05, 0) is 44.6 Å². The van der Waals surface area contributed by atoms with Gasteiger partial charge in [-0.15, -0.1) is 0 Å². The van der Waals surface area contributed by atoms with E-state index in [0.717, 1.165) is 18.8 Å². The number of rotatable bonds is 4. The average Bonchev–Trinajstić information content (AvgIpc) is 2.78. The third kappa shape index (κ3) is 3.09. The molecule has 1 saturated carbocycles. The van der Waals surface area contributed by atoms with Gasteiger partial charge in [0.1, 0.15) is 0 Å². The molecule has 1 unspecified atom stereocenters. The summed E-state index contributed by atoms with van der Waals surface area (Å²) in [5, 5.41) is 8.16. The fourth-order valence-electron chi connectivity index (χ4n) is 2.87. The lowest BCUT2D eigenvalue weighted by molar-refractivity contribution is 0.363. The van der Waals surface area contributed by atoms with Crippen LogP contribution in [0.3, 0.4) is 0 Å². The van der Waals surface area contributed by atoms with E-state index in [0.29, 0.717) is 11.5 Å². The molecule has 0 aromatic carbocycles. The van der Waals surface area contributed by atoms with Crippen molar-refractivity contribution in [2.75, 3.05) is 0 Å². The molecular formula is C14H25N3. The van der Waals surface area contributed by atoms with Crippen LogP contribution < -0.4 is 5.32 Å². The third-order valence-electron chi connectivity index (χ3n) is 3.83. The molecule has 1 aliphatic carbocycles. The molecule has 17 heavy (non-hydrogen) atoms. The van der Waals surface area contributed by atoms with E-state index in [1.807, 2.05) is 0 Å². The van der Waals surface area contributed by atoms with Gasteiger partial charge in [0.05, 0.1) is 11.4 Å². The number of aryl methyl sites for hydroxylation is 2. The maximum absolute atomic E-state index is 4.48. The normalized spacial score (nSPS) is 23.2. The lowest BCUT2D eigenvalue weighted by atomic mass is 9.92. The highest BCUT2D eigenvalue weighted by Crippen LogP contribution is 2.36. The fourth-order valence-corrected chi connectivity index (χ4v) is 2.87. The van der Waals surface area contributed by atoms with Crippen molar-refractivity contribution >= 4 is 0 Å². The van der Waals surface area contributed by atoms with Crippen molar-refractivity contribution in [3.63, 3.8) is 0 Å². The predicted molar refractivity (Wildman–Crippen MR) is 70.9 cm³/mol. The molecule has 1 aromatic heterocycles. The van der Waals surface area contributed by atoms with Crippen LogP contribution >= 0.6 is 0 Å². The molecule has 0 aliphatic heterocycles. The fraction of sp³-hybridized carbons (Fsp3) is 0.786. The van der Waals surface area contributed by atoms with Gasteiger partial charge in [-0.1, -0.05) is 13.8 Å². The van der Waals surface area contributed by atoms with Crippen LogP contribution in [0.2, 0.25) is 0 Å². The van der Waals surface area contributed by atoms with Crippen LogP contribution in [0.4, 0.5) is 0 Å². The largest absolute Gasteiger partial charge is 0.308 e. The van der Waals surface area contributed by atoms with Gasteiger partial charge in [0, 0.05) is 19.1 Å². The summed E-state index contributed by atoms with van der Waals surface area (Å²) in [6.07, 6.45) is 3.95. The summed E-state index contributed by atoms with van der Waals surface area (Å²) in [6.45, 7) is 10.9. The molecule has 0 radical (unpaired) electrons. The minimum atomic E-state index is 0.526. The second kappa shape index (κ2) is 4.81. The van der Waals surface area contributed by atoms with Crippen molar-refractivity contribution in [3.05, 3.63) is 17.5 Å². The molecule has 3 nitrogen and oxygen atoms in total. The zero-order valence-electron chi connectivity index (χ0n) is 11.6.